The number of hydrogen-bond acceptors (Lipinski definition) is 3. The molecule has 5 nitrogen and oxygen atoms in total. The molecule has 2 rings (SSSR count). The maximum absolute atomic E-state index is 12.1. The number of aryl methyl sites for hydroxylation is 3. The summed E-state index contributed by atoms with van der Waals surface area (Å²) in [4.78, 5) is 12.1. The van der Waals surface area contributed by atoms with E-state index in [1.807, 2.05) is 34.0 Å². The zero-order chi connectivity index (χ0) is 12.6. The first-order valence-electron chi connectivity index (χ1n) is 5.50. The first-order valence-corrected chi connectivity index (χ1v) is 5.50. The third-order valence-electron chi connectivity index (χ3n) is 2.98. The highest BCUT2D eigenvalue weighted by atomic mass is 16.1. The van der Waals surface area contributed by atoms with Gasteiger partial charge >= 0.3 is 0 Å². The zero-order valence-corrected chi connectivity index (χ0v) is 10.6. The van der Waals surface area contributed by atoms with Crippen LogP contribution in [0.1, 0.15) is 27.4 Å². The van der Waals surface area contributed by atoms with Crippen LogP contribution in [0.2, 0.25) is 0 Å². The molecule has 0 unspecified atom stereocenters. The van der Waals surface area contributed by atoms with Crippen molar-refractivity contribution in [1.29, 1.82) is 0 Å². The number of rotatable bonds is 3. The molecular weight excluding hydrogens is 216 g/mol. The third kappa shape index (κ3) is 2.13. The van der Waals surface area contributed by atoms with E-state index >= 15 is 0 Å². The SMILES string of the molecule is Cc1cc(CC(=O)c2cnn(C)c2C)n(C)n1. The average molecular weight is 232 g/mol. The molecule has 2 aromatic rings. The molecule has 0 aliphatic heterocycles. The molecule has 0 fully saturated rings. The highest BCUT2D eigenvalue weighted by molar-refractivity contribution is 5.98. The predicted molar refractivity (Wildman–Crippen MR) is 63.9 cm³/mol. The van der Waals surface area contributed by atoms with Crippen LogP contribution in [0.4, 0.5) is 0 Å². The lowest BCUT2D eigenvalue weighted by atomic mass is 10.1. The van der Waals surface area contributed by atoms with Gasteiger partial charge in [0.05, 0.1) is 23.9 Å². The first kappa shape index (κ1) is 11.6. The van der Waals surface area contributed by atoms with Gasteiger partial charge in [-0.1, -0.05) is 0 Å². The largest absolute Gasteiger partial charge is 0.294 e. The topological polar surface area (TPSA) is 52.7 Å². The summed E-state index contributed by atoms with van der Waals surface area (Å²) in [5.41, 5.74) is 3.44. The summed E-state index contributed by atoms with van der Waals surface area (Å²) < 4.78 is 3.46. The van der Waals surface area contributed by atoms with Gasteiger partial charge in [0.2, 0.25) is 0 Å². The quantitative estimate of drug-likeness (QED) is 0.747. The Morgan fingerprint density at radius 1 is 1.29 bits per heavy atom. The van der Waals surface area contributed by atoms with E-state index in [0.717, 1.165) is 17.1 Å². The highest BCUT2D eigenvalue weighted by Crippen LogP contribution is 2.11. The molecule has 0 bridgehead atoms. The van der Waals surface area contributed by atoms with Crippen LogP contribution in [-0.4, -0.2) is 25.3 Å². The zero-order valence-electron chi connectivity index (χ0n) is 10.6. The van der Waals surface area contributed by atoms with Crippen LogP contribution in [-0.2, 0) is 20.5 Å². The maximum atomic E-state index is 12.1. The predicted octanol–water partition coefficient (Wildman–Crippen LogP) is 1.20. The summed E-state index contributed by atoms with van der Waals surface area (Å²) in [5.74, 6) is 0.0820. The standard InChI is InChI=1S/C12H16N4O/c1-8-5-10(16(4)14-8)6-12(17)11-7-13-15(3)9(11)2/h5,7H,6H2,1-4H3. The van der Waals surface area contributed by atoms with Gasteiger partial charge in [-0.3, -0.25) is 14.2 Å². The molecule has 0 spiro atoms. The Morgan fingerprint density at radius 2 is 2.00 bits per heavy atom. The van der Waals surface area contributed by atoms with Crippen LogP contribution in [0, 0.1) is 13.8 Å². The fraction of sp³-hybridized carbons (Fsp3) is 0.417. The Hall–Kier alpha value is -1.91. The van der Waals surface area contributed by atoms with Crippen LogP contribution >= 0.6 is 0 Å². The monoisotopic (exact) mass is 232 g/mol. The fourth-order valence-corrected chi connectivity index (χ4v) is 1.86. The Morgan fingerprint density at radius 3 is 2.47 bits per heavy atom. The molecule has 0 aromatic carbocycles. The molecule has 5 heteroatoms. The average Bonchev–Trinajstić information content (AvgIpc) is 2.73. The van der Waals surface area contributed by atoms with E-state index in [0.29, 0.717) is 12.0 Å². The molecule has 0 radical (unpaired) electrons. The number of aromatic nitrogens is 4. The van der Waals surface area contributed by atoms with Crippen LogP contribution in [0.3, 0.4) is 0 Å². The van der Waals surface area contributed by atoms with Crippen molar-refractivity contribution >= 4 is 5.78 Å². The normalized spacial score (nSPS) is 10.8. The van der Waals surface area contributed by atoms with Gasteiger partial charge in [-0.2, -0.15) is 10.2 Å². The summed E-state index contributed by atoms with van der Waals surface area (Å²) in [7, 11) is 3.69. The number of carbonyl (C=O) groups excluding carboxylic acids is 1. The number of hydrogen-bond donors (Lipinski definition) is 0. The maximum Gasteiger partial charge on any atom is 0.172 e. The Bertz CT molecular complexity index is 565. The van der Waals surface area contributed by atoms with Crippen molar-refractivity contribution in [2.24, 2.45) is 14.1 Å². The molecular formula is C12H16N4O. The Labute approximate surface area is 100 Å². The van der Waals surface area contributed by atoms with Crippen molar-refractivity contribution in [3.63, 3.8) is 0 Å². The lowest BCUT2D eigenvalue weighted by Crippen LogP contribution is -2.09. The fourth-order valence-electron chi connectivity index (χ4n) is 1.86. The van der Waals surface area contributed by atoms with Gasteiger partial charge in [-0.15, -0.1) is 0 Å². The molecule has 0 aliphatic carbocycles. The van der Waals surface area contributed by atoms with Crippen molar-refractivity contribution in [1.82, 2.24) is 19.6 Å². The van der Waals surface area contributed by atoms with Gasteiger partial charge in [0.25, 0.3) is 0 Å². The summed E-state index contributed by atoms with van der Waals surface area (Å²) in [5, 5.41) is 8.31. The molecule has 0 saturated carbocycles. The van der Waals surface area contributed by atoms with Crippen molar-refractivity contribution in [3.05, 3.63) is 34.9 Å². The summed E-state index contributed by atoms with van der Waals surface area (Å²) in [6.07, 6.45) is 1.99. The highest BCUT2D eigenvalue weighted by Gasteiger charge is 2.15. The van der Waals surface area contributed by atoms with Crippen LogP contribution in [0.5, 0.6) is 0 Å². The van der Waals surface area contributed by atoms with E-state index in [-0.39, 0.29) is 5.78 Å². The molecule has 2 heterocycles. The van der Waals surface area contributed by atoms with E-state index in [1.54, 1.807) is 15.6 Å². The number of carbonyl (C=O) groups is 1. The number of nitrogens with zero attached hydrogens (tertiary/aromatic N) is 4. The Kier molecular flexibility index (Phi) is 2.83. The van der Waals surface area contributed by atoms with Crippen molar-refractivity contribution in [2.45, 2.75) is 20.3 Å². The van der Waals surface area contributed by atoms with E-state index in [9.17, 15) is 4.79 Å². The summed E-state index contributed by atoms with van der Waals surface area (Å²) >= 11 is 0. The van der Waals surface area contributed by atoms with Crippen molar-refractivity contribution < 1.29 is 4.79 Å². The molecule has 90 valence electrons. The van der Waals surface area contributed by atoms with Gasteiger partial charge < -0.3 is 0 Å². The molecule has 0 atom stereocenters. The van der Waals surface area contributed by atoms with Crippen LogP contribution in [0.15, 0.2) is 12.3 Å². The molecule has 0 aliphatic rings. The van der Waals surface area contributed by atoms with E-state index in [1.165, 1.54) is 0 Å². The van der Waals surface area contributed by atoms with Gasteiger partial charge in [-0.05, 0) is 19.9 Å². The van der Waals surface area contributed by atoms with E-state index in [2.05, 4.69) is 10.2 Å². The molecule has 0 N–H and O–H groups in total. The molecule has 0 saturated heterocycles. The second-order valence-corrected chi connectivity index (χ2v) is 4.27. The smallest absolute Gasteiger partial charge is 0.172 e. The van der Waals surface area contributed by atoms with Crippen molar-refractivity contribution in [3.8, 4) is 0 Å². The van der Waals surface area contributed by atoms with E-state index < -0.39 is 0 Å². The lowest BCUT2D eigenvalue weighted by molar-refractivity contribution is 0.0990. The second kappa shape index (κ2) is 4.16. The van der Waals surface area contributed by atoms with Gasteiger partial charge in [0, 0.05) is 25.5 Å². The molecule has 0 amide bonds. The van der Waals surface area contributed by atoms with Crippen LogP contribution < -0.4 is 0 Å². The van der Waals surface area contributed by atoms with Crippen molar-refractivity contribution in [2.75, 3.05) is 0 Å². The number of Topliss-reactive ketones (excluding diaryl/α,β-unsaturated/α-hetero) is 1. The third-order valence-corrected chi connectivity index (χ3v) is 2.98. The number of ketones is 1. The Balaban J connectivity index is 2.23. The second-order valence-electron chi connectivity index (χ2n) is 4.27. The van der Waals surface area contributed by atoms with Gasteiger partial charge in [-0.25, -0.2) is 0 Å². The van der Waals surface area contributed by atoms with Gasteiger partial charge in [0.15, 0.2) is 5.78 Å². The molecule has 2 aromatic heterocycles. The minimum absolute atomic E-state index is 0.0820. The molecule has 17 heavy (non-hydrogen) atoms. The minimum Gasteiger partial charge on any atom is -0.294 e. The lowest BCUT2D eigenvalue weighted by Gasteiger charge is -2.01. The summed E-state index contributed by atoms with van der Waals surface area (Å²) in [6.45, 7) is 3.82. The first-order chi connectivity index (χ1) is 7.99. The summed E-state index contributed by atoms with van der Waals surface area (Å²) in [6, 6.07) is 1.93. The minimum atomic E-state index is 0.0820. The van der Waals surface area contributed by atoms with E-state index in [4.69, 9.17) is 0 Å². The van der Waals surface area contributed by atoms with Gasteiger partial charge in [0.1, 0.15) is 0 Å². The van der Waals surface area contributed by atoms with Crippen LogP contribution in [0.25, 0.3) is 0 Å².